The summed E-state index contributed by atoms with van der Waals surface area (Å²) in [5.41, 5.74) is 3.45. The molecule has 1 aromatic carbocycles. The lowest BCUT2D eigenvalue weighted by atomic mass is 10.1. The predicted octanol–water partition coefficient (Wildman–Crippen LogP) is 2.79. The molecule has 0 radical (unpaired) electrons. The Morgan fingerprint density at radius 1 is 1.07 bits per heavy atom. The van der Waals surface area contributed by atoms with E-state index in [9.17, 15) is 0 Å². The number of nitrogens with one attached hydrogen (secondary N) is 1. The molecule has 0 saturated carbocycles. The van der Waals surface area contributed by atoms with Gasteiger partial charge in [0.05, 0.1) is 11.9 Å². The van der Waals surface area contributed by atoms with Gasteiger partial charge in [-0.2, -0.15) is 0 Å². The largest absolute Gasteiger partial charge is 0.386 e. The Morgan fingerprint density at radius 3 is 2.57 bits per heavy atom. The smallest absolute Gasteiger partial charge is 0.0603 e. The third-order valence-electron chi connectivity index (χ3n) is 2.18. The van der Waals surface area contributed by atoms with Crippen LogP contribution in [-0.4, -0.2) is 12.0 Å². The maximum absolute atomic E-state index is 4.08. The van der Waals surface area contributed by atoms with E-state index in [2.05, 4.69) is 22.4 Å². The number of hydrogen-bond acceptors (Lipinski definition) is 2. The average Bonchev–Trinajstić information content (AvgIpc) is 2.30. The lowest BCUT2D eigenvalue weighted by molar-refractivity contribution is 1.31. The van der Waals surface area contributed by atoms with E-state index in [1.807, 2.05) is 43.7 Å². The Labute approximate surface area is 83.6 Å². The molecule has 0 bridgehead atoms. The van der Waals surface area contributed by atoms with Gasteiger partial charge in [-0.25, -0.2) is 0 Å². The highest BCUT2D eigenvalue weighted by molar-refractivity contribution is 5.76. The Morgan fingerprint density at radius 2 is 1.86 bits per heavy atom. The van der Waals surface area contributed by atoms with Gasteiger partial charge in [-0.05, 0) is 11.6 Å². The summed E-state index contributed by atoms with van der Waals surface area (Å²) in [4.78, 5) is 4.08. The molecular formula is C12H12N2. The van der Waals surface area contributed by atoms with Crippen molar-refractivity contribution < 1.29 is 0 Å². The van der Waals surface area contributed by atoms with E-state index < -0.39 is 0 Å². The molecule has 0 aliphatic heterocycles. The van der Waals surface area contributed by atoms with Crippen LogP contribution in [0, 0.1) is 0 Å². The molecule has 0 aliphatic rings. The summed E-state index contributed by atoms with van der Waals surface area (Å²) in [6.07, 6.45) is 3.64. The quantitative estimate of drug-likeness (QED) is 0.776. The van der Waals surface area contributed by atoms with Crippen LogP contribution in [0.5, 0.6) is 0 Å². The summed E-state index contributed by atoms with van der Waals surface area (Å²) in [6.45, 7) is 0. The van der Waals surface area contributed by atoms with Crippen molar-refractivity contribution in [1.29, 1.82) is 0 Å². The summed E-state index contributed by atoms with van der Waals surface area (Å²) in [6, 6.07) is 12.3. The van der Waals surface area contributed by atoms with Crippen molar-refractivity contribution in [2.75, 3.05) is 12.4 Å². The Hall–Kier alpha value is -1.83. The van der Waals surface area contributed by atoms with Crippen LogP contribution in [0.25, 0.3) is 11.1 Å². The first kappa shape index (κ1) is 8.75. The zero-order chi connectivity index (χ0) is 9.80. The minimum atomic E-state index is 1.05. The molecule has 2 aromatic rings. The van der Waals surface area contributed by atoms with Crippen molar-refractivity contribution in [3.8, 4) is 11.1 Å². The second kappa shape index (κ2) is 3.92. The van der Waals surface area contributed by atoms with E-state index in [4.69, 9.17) is 0 Å². The maximum Gasteiger partial charge on any atom is 0.0603 e. The summed E-state index contributed by atoms with van der Waals surface area (Å²) < 4.78 is 0. The standard InChI is InChI=1S/C12H12N2/c1-13-12-9-14-8-7-11(12)10-5-3-2-4-6-10/h2-9,13H,1H3. The van der Waals surface area contributed by atoms with Gasteiger partial charge in [0, 0.05) is 18.8 Å². The van der Waals surface area contributed by atoms with E-state index in [-0.39, 0.29) is 0 Å². The van der Waals surface area contributed by atoms with E-state index in [0.29, 0.717) is 0 Å². The molecule has 1 N–H and O–H groups in total. The predicted molar refractivity (Wildman–Crippen MR) is 59.2 cm³/mol. The first-order chi connectivity index (χ1) is 6.92. The van der Waals surface area contributed by atoms with Crippen LogP contribution in [0.2, 0.25) is 0 Å². The lowest BCUT2D eigenvalue weighted by Gasteiger charge is -2.07. The van der Waals surface area contributed by atoms with Crippen LogP contribution in [0.4, 0.5) is 5.69 Å². The first-order valence-corrected chi connectivity index (χ1v) is 4.59. The second-order valence-corrected chi connectivity index (χ2v) is 3.04. The van der Waals surface area contributed by atoms with E-state index in [1.54, 1.807) is 0 Å². The van der Waals surface area contributed by atoms with Crippen molar-refractivity contribution in [2.45, 2.75) is 0 Å². The molecule has 0 saturated heterocycles. The highest BCUT2D eigenvalue weighted by atomic mass is 14.8. The first-order valence-electron chi connectivity index (χ1n) is 4.59. The molecule has 14 heavy (non-hydrogen) atoms. The van der Waals surface area contributed by atoms with Gasteiger partial charge in [0.2, 0.25) is 0 Å². The van der Waals surface area contributed by atoms with Crippen LogP contribution < -0.4 is 5.32 Å². The normalized spacial score (nSPS) is 9.79. The minimum Gasteiger partial charge on any atom is -0.386 e. The van der Waals surface area contributed by atoms with E-state index in [0.717, 1.165) is 5.69 Å². The molecule has 0 unspecified atom stereocenters. The minimum absolute atomic E-state index is 1.05. The molecule has 2 nitrogen and oxygen atoms in total. The Balaban J connectivity index is 2.51. The summed E-state index contributed by atoms with van der Waals surface area (Å²) in [5.74, 6) is 0. The average molecular weight is 184 g/mol. The number of benzene rings is 1. The maximum atomic E-state index is 4.08. The van der Waals surface area contributed by atoms with Crippen LogP contribution in [0.3, 0.4) is 0 Å². The number of aromatic nitrogens is 1. The summed E-state index contributed by atoms with van der Waals surface area (Å²) in [5, 5.41) is 3.13. The van der Waals surface area contributed by atoms with E-state index >= 15 is 0 Å². The topological polar surface area (TPSA) is 24.9 Å². The number of pyridine rings is 1. The van der Waals surface area contributed by atoms with Gasteiger partial charge in [-0.3, -0.25) is 4.98 Å². The van der Waals surface area contributed by atoms with Crippen LogP contribution >= 0.6 is 0 Å². The molecule has 2 rings (SSSR count). The molecular weight excluding hydrogens is 172 g/mol. The number of hydrogen-bond donors (Lipinski definition) is 1. The SMILES string of the molecule is CNc1cnccc1-c1ccccc1. The summed E-state index contributed by atoms with van der Waals surface area (Å²) in [7, 11) is 1.91. The molecule has 1 heterocycles. The number of rotatable bonds is 2. The van der Waals surface area contributed by atoms with Gasteiger partial charge in [0.25, 0.3) is 0 Å². The van der Waals surface area contributed by atoms with E-state index in [1.165, 1.54) is 11.1 Å². The zero-order valence-electron chi connectivity index (χ0n) is 8.07. The van der Waals surface area contributed by atoms with Gasteiger partial charge < -0.3 is 5.32 Å². The molecule has 2 heteroatoms. The Bertz CT molecular complexity index is 410. The monoisotopic (exact) mass is 184 g/mol. The van der Waals surface area contributed by atoms with Gasteiger partial charge >= 0.3 is 0 Å². The highest BCUT2D eigenvalue weighted by Crippen LogP contribution is 2.25. The van der Waals surface area contributed by atoms with Crippen molar-refractivity contribution >= 4 is 5.69 Å². The summed E-state index contributed by atoms with van der Waals surface area (Å²) >= 11 is 0. The molecule has 0 fully saturated rings. The van der Waals surface area contributed by atoms with Gasteiger partial charge in [0.1, 0.15) is 0 Å². The fraction of sp³-hybridized carbons (Fsp3) is 0.0833. The zero-order valence-corrected chi connectivity index (χ0v) is 8.07. The molecule has 0 aliphatic carbocycles. The van der Waals surface area contributed by atoms with Crippen molar-refractivity contribution in [3.05, 3.63) is 48.8 Å². The molecule has 70 valence electrons. The fourth-order valence-corrected chi connectivity index (χ4v) is 1.46. The molecule has 0 atom stereocenters. The van der Waals surface area contributed by atoms with Gasteiger partial charge in [-0.15, -0.1) is 0 Å². The van der Waals surface area contributed by atoms with Crippen molar-refractivity contribution in [2.24, 2.45) is 0 Å². The molecule has 1 aromatic heterocycles. The number of nitrogens with zero attached hydrogens (tertiary/aromatic N) is 1. The third kappa shape index (κ3) is 1.59. The van der Waals surface area contributed by atoms with Crippen LogP contribution in [-0.2, 0) is 0 Å². The van der Waals surface area contributed by atoms with Crippen molar-refractivity contribution in [3.63, 3.8) is 0 Å². The lowest BCUT2D eigenvalue weighted by Crippen LogP contribution is -1.92. The van der Waals surface area contributed by atoms with Crippen LogP contribution in [0.15, 0.2) is 48.8 Å². The van der Waals surface area contributed by atoms with Gasteiger partial charge in [-0.1, -0.05) is 30.3 Å². The van der Waals surface area contributed by atoms with Gasteiger partial charge in [0.15, 0.2) is 0 Å². The highest BCUT2D eigenvalue weighted by Gasteiger charge is 2.01. The number of anilines is 1. The third-order valence-corrected chi connectivity index (χ3v) is 2.18. The Kier molecular flexibility index (Phi) is 2.45. The fourth-order valence-electron chi connectivity index (χ4n) is 1.46. The molecule has 0 spiro atoms. The van der Waals surface area contributed by atoms with Crippen molar-refractivity contribution in [1.82, 2.24) is 4.98 Å². The second-order valence-electron chi connectivity index (χ2n) is 3.04. The molecule has 0 amide bonds. The van der Waals surface area contributed by atoms with Crippen LogP contribution in [0.1, 0.15) is 0 Å².